The van der Waals surface area contributed by atoms with Crippen molar-refractivity contribution in [3.05, 3.63) is 78.3 Å². The Bertz CT molecular complexity index is 999. The molecule has 2 amide bonds. The van der Waals surface area contributed by atoms with Crippen LogP contribution in [-0.2, 0) is 48.2 Å². The molecule has 0 heterocycles. The second kappa shape index (κ2) is 13.1. The first-order valence-corrected chi connectivity index (χ1v) is 11.0. The van der Waals surface area contributed by atoms with Crippen molar-refractivity contribution in [3.63, 3.8) is 0 Å². The number of benzene rings is 2. The van der Waals surface area contributed by atoms with Gasteiger partial charge in [-0.25, -0.2) is 9.59 Å². The monoisotopic (exact) mass is 483 g/mol. The largest absolute Gasteiger partial charge is 0.461 e. The van der Waals surface area contributed by atoms with Gasteiger partial charge in [0.15, 0.2) is 0 Å². The Morgan fingerprint density at radius 1 is 0.857 bits per heavy atom. The van der Waals surface area contributed by atoms with Gasteiger partial charge in [0, 0.05) is 7.05 Å². The van der Waals surface area contributed by atoms with Crippen LogP contribution in [-0.4, -0.2) is 35.6 Å². The molecule has 2 aromatic rings. The molecule has 0 fully saturated rings. The van der Waals surface area contributed by atoms with Crippen LogP contribution in [0.3, 0.4) is 0 Å². The first-order chi connectivity index (χ1) is 16.6. The minimum Gasteiger partial charge on any atom is -0.461 e. The number of esters is 2. The first-order valence-electron chi connectivity index (χ1n) is 11.0. The van der Waals surface area contributed by atoms with E-state index in [1.54, 1.807) is 57.2 Å². The minimum atomic E-state index is -1.30. The van der Waals surface area contributed by atoms with Crippen molar-refractivity contribution in [2.75, 3.05) is 0 Å². The number of alkyl carbamates (subject to hydrolysis) is 1. The van der Waals surface area contributed by atoms with Crippen LogP contribution in [0, 0.1) is 7.05 Å². The maximum atomic E-state index is 12.7. The van der Waals surface area contributed by atoms with E-state index in [4.69, 9.17) is 14.2 Å². The molecule has 2 aromatic carbocycles. The highest BCUT2D eigenvalue weighted by atomic mass is 16.6. The summed E-state index contributed by atoms with van der Waals surface area (Å²) in [5.74, 6) is -1.72. The molecule has 187 valence electrons. The zero-order chi connectivity index (χ0) is 25.8. The number of carbonyl (C=O) groups excluding carboxylic acids is 4. The normalized spacial score (nSPS) is 11.7. The van der Waals surface area contributed by atoms with Crippen LogP contribution >= 0.6 is 0 Å². The van der Waals surface area contributed by atoms with Gasteiger partial charge in [-0.3, -0.25) is 9.59 Å². The maximum Gasteiger partial charge on any atom is 0.408 e. The van der Waals surface area contributed by atoms with Crippen molar-refractivity contribution in [1.82, 2.24) is 10.6 Å². The van der Waals surface area contributed by atoms with E-state index >= 15 is 0 Å². The lowest BCUT2D eigenvalue weighted by molar-refractivity contribution is -0.154. The number of amides is 2. The maximum absolute atomic E-state index is 12.7. The second-order valence-electron chi connectivity index (χ2n) is 8.75. The Hall–Kier alpha value is -3.88. The molecule has 35 heavy (non-hydrogen) atoms. The van der Waals surface area contributed by atoms with E-state index in [0.29, 0.717) is 5.56 Å². The summed E-state index contributed by atoms with van der Waals surface area (Å²) in [5.41, 5.74) is 1.43. The van der Waals surface area contributed by atoms with E-state index in [2.05, 4.69) is 17.7 Å². The van der Waals surface area contributed by atoms with E-state index in [9.17, 15) is 19.2 Å². The number of carbonyl (C=O) groups is 4. The second-order valence-corrected chi connectivity index (χ2v) is 8.75. The van der Waals surface area contributed by atoms with E-state index in [1.807, 2.05) is 18.2 Å². The molecule has 0 saturated carbocycles. The molecule has 0 bridgehead atoms. The van der Waals surface area contributed by atoms with Crippen molar-refractivity contribution in [2.45, 2.75) is 58.5 Å². The van der Waals surface area contributed by atoms with Crippen molar-refractivity contribution >= 4 is 23.9 Å². The van der Waals surface area contributed by atoms with Gasteiger partial charge in [0.05, 0.1) is 12.8 Å². The molecule has 2 N–H and O–H groups in total. The molecule has 9 heteroatoms. The van der Waals surface area contributed by atoms with Gasteiger partial charge in [0.25, 0.3) is 0 Å². The predicted molar refractivity (Wildman–Crippen MR) is 127 cm³/mol. The van der Waals surface area contributed by atoms with E-state index in [0.717, 1.165) is 11.1 Å². The molecule has 0 aliphatic heterocycles. The SMILES string of the molecule is [CH2]NC(=O)Cc1ccc(COC(=O)[C@H](CC(=O)OCc2ccccc2)NC(=O)OC(C)(C)C)cc1. The molecule has 0 aliphatic carbocycles. The van der Waals surface area contributed by atoms with Crippen LogP contribution < -0.4 is 10.6 Å². The highest BCUT2D eigenvalue weighted by molar-refractivity contribution is 5.86. The van der Waals surface area contributed by atoms with Crippen molar-refractivity contribution in [3.8, 4) is 0 Å². The van der Waals surface area contributed by atoms with Gasteiger partial charge in [-0.15, -0.1) is 0 Å². The van der Waals surface area contributed by atoms with Gasteiger partial charge in [-0.2, -0.15) is 0 Å². The molecule has 0 aromatic heterocycles. The van der Waals surface area contributed by atoms with Crippen LogP contribution in [0.2, 0.25) is 0 Å². The van der Waals surface area contributed by atoms with E-state index in [-0.39, 0.29) is 25.5 Å². The van der Waals surface area contributed by atoms with Crippen LogP contribution in [0.25, 0.3) is 0 Å². The van der Waals surface area contributed by atoms with Crippen molar-refractivity contribution < 1.29 is 33.4 Å². The summed E-state index contributed by atoms with van der Waals surface area (Å²) in [4.78, 5) is 48.7. The zero-order valence-corrected chi connectivity index (χ0v) is 20.2. The Labute approximate surface area is 205 Å². The number of hydrogen-bond acceptors (Lipinski definition) is 7. The van der Waals surface area contributed by atoms with E-state index < -0.39 is 36.1 Å². The lowest BCUT2D eigenvalue weighted by Gasteiger charge is -2.22. The average Bonchev–Trinajstić information content (AvgIpc) is 2.81. The lowest BCUT2D eigenvalue weighted by Crippen LogP contribution is -2.45. The zero-order valence-electron chi connectivity index (χ0n) is 20.2. The number of rotatable bonds is 10. The van der Waals surface area contributed by atoms with Gasteiger partial charge in [0.2, 0.25) is 5.91 Å². The Morgan fingerprint density at radius 3 is 2.03 bits per heavy atom. The van der Waals surface area contributed by atoms with E-state index in [1.165, 1.54) is 0 Å². The summed E-state index contributed by atoms with van der Waals surface area (Å²) in [6.07, 6.45) is -1.11. The topological polar surface area (TPSA) is 120 Å². The standard InChI is InChI=1S/C26H31N2O7/c1-26(2,3)35-25(32)28-21(15-23(30)33-16-19-8-6-5-7-9-19)24(31)34-17-20-12-10-18(11-13-20)14-22(29)27-4/h5-13,21H,4,14-17H2,1-3H3,(H,27,29)(H,28,32)/t21-/m0/s1. The summed E-state index contributed by atoms with van der Waals surface area (Å²) < 4.78 is 15.8. The van der Waals surface area contributed by atoms with Gasteiger partial charge in [-0.05, 0) is 37.5 Å². The fourth-order valence-electron chi connectivity index (χ4n) is 2.86. The summed E-state index contributed by atoms with van der Waals surface area (Å²) in [5, 5.41) is 4.69. The van der Waals surface area contributed by atoms with Gasteiger partial charge in [0.1, 0.15) is 24.9 Å². The highest BCUT2D eigenvalue weighted by Gasteiger charge is 2.28. The third kappa shape index (κ3) is 10.7. The number of ether oxygens (including phenoxy) is 3. The quantitative estimate of drug-likeness (QED) is 0.393. The molecule has 0 spiro atoms. The highest BCUT2D eigenvalue weighted by Crippen LogP contribution is 2.11. The van der Waals surface area contributed by atoms with Crippen LogP contribution in [0.5, 0.6) is 0 Å². The molecular weight excluding hydrogens is 452 g/mol. The lowest BCUT2D eigenvalue weighted by atomic mass is 10.1. The van der Waals surface area contributed by atoms with Crippen molar-refractivity contribution in [1.29, 1.82) is 0 Å². The number of nitrogens with one attached hydrogen (secondary N) is 2. The number of hydrogen-bond donors (Lipinski definition) is 2. The molecule has 1 atom stereocenters. The average molecular weight is 484 g/mol. The fourth-order valence-corrected chi connectivity index (χ4v) is 2.86. The molecular formula is C26H31N2O7. The van der Waals surface area contributed by atoms with Crippen LogP contribution in [0.1, 0.15) is 43.9 Å². The molecule has 1 radical (unpaired) electrons. The smallest absolute Gasteiger partial charge is 0.408 e. The molecule has 0 saturated heterocycles. The summed E-state index contributed by atoms with van der Waals surface area (Å²) in [6, 6.07) is 14.7. The third-order valence-corrected chi connectivity index (χ3v) is 4.55. The molecule has 0 aliphatic rings. The van der Waals surface area contributed by atoms with Gasteiger partial charge >= 0.3 is 18.0 Å². The fraction of sp³-hybridized carbons (Fsp3) is 0.346. The van der Waals surface area contributed by atoms with Crippen molar-refractivity contribution in [2.24, 2.45) is 0 Å². The van der Waals surface area contributed by atoms with Crippen LogP contribution in [0.15, 0.2) is 54.6 Å². The summed E-state index contributed by atoms with van der Waals surface area (Å²) in [7, 11) is 3.32. The summed E-state index contributed by atoms with van der Waals surface area (Å²) >= 11 is 0. The minimum absolute atomic E-state index is 0.0341. The Kier molecular flexibility index (Phi) is 10.3. The van der Waals surface area contributed by atoms with Crippen LogP contribution in [0.4, 0.5) is 4.79 Å². The Balaban J connectivity index is 1.98. The first kappa shape index (κ1) is 27.4. The predicted octanol–water partition coefficient (Wildman–Crippen LogP) is 3.21. The Morgan fingerprint density at radius 2 is 1.43 bits per heavy atom. The molecule has 9 nitrogen and oxygen atoms in total. The summed E-state index contributed by atoms with van der Waals surface area (Å²) in [6.45, 7) is 4.98. The molecule has 0 unspecified atom stereocenters. The van der Waals surface area contributed by atoms with Gasteiger partial charge in [-0.1, -0.05) is 54.6 Å². The molecule has 2 rings (SSSR count). The van der Waals surface area contributed by atoms with Gasteiger partial charge < -0.3 is 24.8 Å². The third-order valence-electron chi connectivity index (χ3n) is 4.55.